The number of carbonyl (C=O) groups is 1. The van der Waals surface area contributed by atoms with Crippen LogP contribution in [0.3, 0.4) is 0 Å². The third-order valence-corrected chi connectivity index (χ3v) is 4.22. The second-order valence-electron chi connectivity index (χ2n) is 5.80. The van der Waals surface area contributed by atoms with E-state index in [0.717, 1.165) is 37.2 Å². The Balaban J connectivity index is 2.00. The molecule has 3 rings (SSSR count). The Bertz CT molecular complexity index is 664. The summed E-state index contributed by atoms with van der Waals surface area (Å²) in [6.45, 7) is 2.01. The standard InChI is InChI=1S/C17H20N4O/c1-21-9-7-12(8-10-21)15-14(16(18)22)11-19-17(20-15)13-5-3-2-4-6-13/h2-6,11-12H,7-10H2,1H3,(H2,18,22). The van der Waals surface area contributed by atoms with Crippen molar-refractivity contribution >= 4 is 5.91 Å². The Kier molecular flexibility index (Phi) is 4.15. The van der Waals surface area contributed by atoms with Crippen molar-refractivity contribution in [3.63, 3.8) is 0 Å². The van der Waals surface area contributed by atoms with Gasteiger partial charge in [0.05, 0.1) is 11.3 Å². The van der Waals surface area contributed by atoms with Crippen LogP contribution < -0.4 is 5.73 Å². The lowest BCUT2D eigenvalue weighted by Gasteiger charge is -2.29. The maximum absolute atomic E-state index is 11.7. The molecule has 0 atom stereocenters. The van der Waals surface area contributed by atoms with Gasteiger partial charge in [0.25, 0.3) is 5.91 Å². The zero-order valence-electron chi connectivity index (χ0n) is 12.7. The molecule has 0 radical (unpaired) electrons. The Morgan fingerprint density at radius 1 is 1.23 bits per heavy atom. The van der Waals surface area contributed by atoms with Gasteiger partial charge in [-0.05, 0) is 33.0 Å². The number of primary amides is 1. The minimum atomic E-state index is -0.450. The number of rotatable bonds is 3. The highest BCUT2D eigenvalue weighted by molar-refractivity contribution is 5.94. The largest absolute Gasteiger partial charge is 0.365 e. The van der Waals surface area contributed by atoms with Gasteiger partial charge in [0.15, 0.2) is 5.82 Å². The van der Waals surface area contributed by atoms with Gasteiger partial charge >= 0.3 is 0 Å². The van der Waals surface area contributed by atoms with Crippen molar-refractivity contribution in [1.29, 1.82) is 0 Å². The fourth-order valence-corrected chi connectivity index (χ4v) is 2.90. The lowest BCUT2D eigenvalue weighted by Crippen LogP contribution is -2.31. The first-order valence-corrected chi connectivity index (χ1v) is 7.56. The van der Waals surface area contributed by atoms with E-state index in [2.05, 4.69) is 21.9 Å². The quantitative estimate of drug-likeness (QED) is 0.941. The van der Waals surface area contributed by atoms with E-state index in [-0.39, 0.29) is 5.92 Å². The van der Waals surface area contributed by atoms with Crippen molar-refractivity contribution in [3.8, 4) is 11.4 Å². The van der Waals surface area contributed by atoms with Crippen molar-refractivity contribution in [3.05, 3.63) is 47.8 Å². The van der Waals surface area contributed by atoms with Crippen LogP contribution in [0.1, 0.15) is 34.8 Å². The molecule has 1 aliphatic rings. The van der Waals surface area contributed by atoms with Gasteiger partial charge in [-0.15, -0.1) is 0 Å². The molecule has 0 spiro atoms. The van der Waals surface area contributed by atoms with E-state index in [1.54, 1.807) is 6.20 Å². The molecule has 2 heterocycles. The first kappa shape index (κ1) is 14.7. The van der Waals surface area contributed by atoms with Gasteiger partial charge in [0.2, 0.25) is 0 Å². The van der Waals surface area contributed by atoms with Crippen LogP contribution in [0, 0.1) is 0 Å². The minimum absolute atomic E-state index is 0.268. The number of aromatic nitrogens is 2. The number of nitrogens with two attached hydrogens (primary N) is 1. The number of hydrogen-bond donors (Lipinski definition) is 1. The molecule has 0 aliphatic carbocycles. The number of carbonyl (C=O) groups excluding carboxylic acids is 1. The average molecular weight is 296 g/mol. The van der Waals surface area contributed by atoms with E-state index in [9.17, 15) is 4.79 Å². The fourth-order valence-electron chi connectivity index (χ4n) is 2.90. The van der Waals surface area contributed by atoms with Crippen LogP contribution in [-0.4, -0.2) is 40.9 Å². The molecular formula is C17H20N4O. The molecule has 1 aromatic heterocycles. The zero-order valence-corrected chi connectivity index (χ0v) is 12.7. The first-order valence-electron chi connectivity index (χ1n) is 7.56. The SMILES string of the molecule is CN1CCC(c2nc(-c3ccccc3)ncc2C(N)=O)CC1. The third-order valence-electron chi connectivity index (χ3n) is 4.22. The van der Waals surface area contributed by atoms with Gasteiger partial charge in [-0.2, -0.15) is 0 Å². The minimum Gasteiger partial charge on any atom is -0.365 e. The second kappa shape index (κ2) is 6.23. The van der Waals surface area contributed by atoms with Gasteiger partial charge in [-0.1, -0.05) is 30.3 Å². The number of amides is 1. The van der Waals surface area contributed by atoms with Crippen molar-refractivity contribution in [2.75, 3.05) is 20.1 Å². The maximum Gasteiger partial charge on any atom is 0.252 e. The van der Waals surface area contributed by atoms with Crippen molar-refractivity contribution in [2.45, 2.75) is 18.8 Å². The van der Waals surface area contributed by atoms with Crippen LogP contribution in [0.15, 0.2) is 36.5 Å². The Morgan fingerprint density at radius 2 is 1.91 bits per heavy atom. The molecule has 1 amide bonds. The summed E-state index contributed by atoms with van der Waals surface area (Å²) in [5.74, 6) is 0.470. The number of hydrogen-bond acceptors (Lipinski definition) is 4. The third kappa shape index (κ3) is 2.99. The van der Waals surface area contributed by atoms with Crippen molar-refractivity contribution in [2.24, 2.45) is 5.73 Å². The molecule has 114 valence electrons. The van der Waals surface area contributed by atoms with Crippen molar-refractivity contribution in [1.82, 2.24) is 14.9 Å². The molecule has 1 fully saturated rings. The number of nitrogens with zero attached hydrogens (tertiary/aromatic N) is 3. The summed E-state index contributed by atoms with van der Waals surface area (Å²) in [5.41, 5.74) is 7.71. The van der Waals surface area contributed by atoms with Crippen LogP contribution in [-0.2, 0) is 0 Å². The van der Waals surface area contributed by atoms with Gasteiger partial charge in [0, 0.05) is 17.7 Å². The number of likely N-dealkylation sites (tertiary alicyclic amines) is 1. The lowest BCUT2D eigenvalue weighted by molar-refractivity contribution is 0.0997. The van der Waals surface area contributed by atoms with Crippen LogP contribution in [0.5, 0.6) is 0 Å². The lowest BCUT2D eigenvalue weighted by atomic mass is 9.90. The molecule has 1 aromatic carbocycles. The predicted molar refractivity (Wildman–Crippen MR) is 85.5 cm³/mol. The summed E-state index contributed by atoms with van der Waals surface area (Å²) < 4.78 is 0. The summed E-state index contributed by atoms with van der Waals surface area (Å²) in [5, 5.41) is 0. The van der Waals surface area contributed by atoms with Crippen molar-refractivity contribution < 1.29 is 4.79 Å². The molecular weight excluding hydrogens is 276 g/mol. The van der Waals surface area contributed by atoms with E-state index >= 15 is 0 Å². The highest BCUT2D eigenvalue weighted by Gasteiger charge is 2.24. The molecule has 0 saturated carbocycles. The van der Waals surface area contributed by atoms with E-state index in [1.807, 2.05) is 30.3 Å². The van der Waals surface area contributed by atoms with Crippen LogP contribution in [0.2, 0.25) is 0 Å². The van der Waals surface area contributed by atoms with Gasteiger partial charge in [0.1, 0.15) is 0 Å². The molecule has 0 unspecified atom stereocenters. The summed E-state index contributed by atoms with van der Waals surface area (Å²) in [6.07, 6.45) is 3.55. The van der Waals surface area contributed by atoms with Crippen LogP contribution >= 0.6 is 0 Å². The maximum atomic E-state index is 11.7. The molecule has 5 nitrogen and oxygen atoms in total. The summed E-state index contributed by atoms with van der Waals surface area (Å²) >= 11 is 0. The zero-order chi connectivity index (χ0) is 15.5. The molecule has 2 aromatic rings. The topological polar surface area (TPSA) is 72.1 Å². The van der Waals surface area contributed by atoms with Crippen LogP contribution in [0.4, 0.5) is 0 Å². The Labute approximate surface area is 130 Å². The van der Waals surface area contributed by atoms with Crippen LogP contribution in [0.25, 0.3) is 11.4 Å². The molecule has 0 bridgehead atoms. The monoisotopic (exact) mass is 296 g/mol. The summed E-state index contributed by atoms with van der Waals surface area (Å²) in [6, 6.07) is 9.81. The predicted octanol–water partition coefficient (Wildman–Crippen LogP) is 2.05. The normalized spacial score (nSPS) is 16.6. The number of piperidine rings is 1. The highest BCUT2D eigenvalue weighted by Crippen LogP contribution is 2.29. The van der Waals surface area contributed by atoms with Gasteiger partial charge in [-0.3, -0.25) is 4.79 Å². The van der Waals surface area contributed by atoms with E-state index in [0.29, 0.717) is 11.4 Å². The van der Waals surface area contributed by atoms with Gasteiger partial charge < -0.3 is 10.6 Å². The number of benzene rings is 1. The van der Waals surface area contributed by atoms with Gasteiger partial charge in [-0.25, -0.2) is 9.97 Å². The molecule has 5 heteroatoms. The first-order chi connectivity index (χ1) is 10.6. The van der Waals surface area contributed by atoms with E-state index in [1.165, 1.54) is 0 Å². The Hall–Kier alpha value is -2.27. The van der Waals surface area contributed by atoms with E-state index < -0.39 is 5.91 Å². The molecule has 22 heavy (non-hydrogen) atoms. The molecule has 1 aliphatic heterocycles. The second-order valence-corrected chi connectivity index (χ2v) is 5.80. The molecule has 2 N–H and O–H groups in total. The summed E-state index contributed by atoms with van der Waals surface area (Å²) in [7, 11) is 2.11. The van der Waals surface area contributed by atoms with E-state index in [4.69, 9.17) is 5.73 Å². The average Bonchev–Trinajstić information content (AvgIpc) is 2.56. The summed E-state index contributed by atoms with van der Waals surface area (Å²) in [4.78, 5) is 23.0. The Morgan fingerprint density at radius 3 is 2.55 bits per heavy atom. The fraction of sp³-hybridized carbons (Fsp3) is 0.353. The highest BCUT2D eigenvalue weighted by atomic mass is 16.1. The smallest absolute Gasteiger partial charge is 0.252 e. The molecule has 1 saturated heterocycles.